The van der Waals surface area contributed by atoms with E-state index < -0.39 is 5.60 Å². The van der Waals surface area contributed by atoms with Crippen molar-refractivity contribution in [2.24, 2.45) is 0 Å². The Kier molecular flexibility index (Phi) is 7.57. The number of ether oxygens (including phenoxy) is 1. The Morgan fingerprint density at radius 3 is 2.49 bits per heavy atom. The highest BCUT2D eigenvalue weighted by Crippen LogP contribution is 2.42. The molecule has 2 fully saturated rings. The summed E-state index contributed by atoms with van der Waals surface area (Å²) < 4.78 is 6.20. The maximum absolute atomic E-state index is 14.2. The molecule has 3 aliphatic heterocycles. The minimum atomic E-state index is -0.754. The molecule has 37 heavy (non-hydrogen) atoms. The summed E-state index contributed by atoms with van der Waals surface area (Å²) in [4.78, 5) is 33.1. The Hall–Kier alpha value is -2.86. The highest BCUT2D eigenvalue weighted by molar-refractivity contribution is 6.07. The average molecular weight is 504 g/mol. The fraction of sp³-hybridized carbons (Fsp3) is 0.548. The van der Waals surface area contributed by atoms with Crippen molar-refractivity contribution in [2.45, 2.75) is 83.8 Å². The van der Waals surface area contributed by atoms with E-state index in [0.29, 0.717) is 13.2 Å². The van der Waals surface area contributed by atoms with Crippen LogP contribution in [0.5, 0.6) is 0 Å². The van der Waals surface area contributed by atoms with Gasteiger partial charge in [-0.05, 0) is 80.8 Å². The monoisotopic (exact) mass is 503 g/mol. The molecule has 2 aromatic rings. The van der Waals surface area contributed by atoms with Crippen LogP contribution in [0.3, 0.4) is 0 Å². The molecule has 5 rings (SSSR count). The van der Waals surface area contributed by atoms with E-state index in [-0.39, 0.29) is 17.9 Å². The lowest BCUT2D eigenvalue weighted by atomic mass is 9.90. The van der Waals surface area contributed by atoms with E-state index in [4.69, 9.17) is 4.74 Å². The van der Waals surface area contributed by atoms with Crippen molar-refractivity contribution in [3.63, 3.8) is 0 Å². The average Bonchev–Trinajstić information content (AvgIpc) is 3.41. The zero-order chi connectivity index (χ0) is 26.0. The second-order valence-corrected chi connectivity index (χ2v) is 11.0. The van der Waals surface area contributed by atoms with Gasteiger partial charge in [0.1, 0.15) is 5.60 Å². The lowest BCUT2D eigenvalue weighted by Gasteiger charge is -2.43. The Bertz CT molecular complexity index is 1130. The van der Waals surface area contributed by atoms with Gasteiger partial charge in [-0.25, -0.2) is 0 Å². The summed E-state index contributed by atoms with van der Waals surface area (Å²) in [5.74, 6) is 0.0486. The van der Waals surface area contributed by atoms with Crippen molar-refractivity contribution in [1.82, 2.24) is 0 Å². The number of benzene rings is 2. The van der Waals surface area contributed by atoms with Gasteiger partial charge in [-0.1, -0.05) is 38.0 Å². The first-order valence-corrected chi connectivity index (χ1v) is 14.2. The summed E-state index contributed by atoms with van der Waals surface area (Å²) in [6, 6.07) is 14.8. The molecule has 0 saturated carbocycles. The molecule has 2 saturated heterocycles. The van der Waals surface area contributed by atoms with Gasteiger partial charge >= 0.3 is 0 Å². The third kappa shape index (κ3) is 5.00. The molecule has 2 unspecified atom stereocenters. The SMILES string of the molecule is CCCCC1(C(=O)N2CC(C)N(C(C)=O)c3ccc(-c4cccc(N5CCCCC5)c4)cc32)CCCO1. The van der Waals surface area contributed by atoms with Crippen LogP contribution in [0.15, 0.2) is 42.5 Å². The highest BCUT2D eigenvalue weighted by atomic mass is 16.5. The molecule has 3 aliphatic rings. The predicted octanol–water partition coefficient (Wildman–Crippen LogP) is 6.17. The van der Waals surface area contributed by atoms with Crippen LogP contribution in [0.25, 0.3) is 11.1 Å². The normalized spacial score (nSPS) is 23.8. The molecule has 2 aromatic carbocycles. The van der Waals surface area contributed by atoms with Crippen LogP contribution in [-0.2, 0) is 14.3 Å². The lowest BCUT2D eigenvalue weighted by Crippen LogP contribution is -2.57. The van der Waals surface area contributed by atoms with Crippen molar-refractivity contribution < 1.29 is 14.3 Å². The molecular formula is C31H41N3O3. The highest BCUT2D eigenvalue weighted by Gasteiger charge is 2.47. The molecule has 0 bridgehead atoms. The molecule has 0 aromatic heterocycles. The largest absolute Gasteiger partial charge is 0.372 e. The van der Waals surface area contributed by atoms with Crippen LogP contribution in [-0.4, -0.2) is 49.7 Å². The van der Waals surface area contributed by atoms with Gasteiger partial charge in [0.05, 0.1) is 17.4 Å². The van der Waals surface area contributed by atoms with Crippen molar-refractivity contribution in [3.05, 3.63) is 42.5 Å². The zero-order valence-electron chi connectivity index (χ0n) is 22.7. The molecule has 0 radical (unpaired) electrons. The van der Waals surface area contributed by atoms with E-state index in [1.54, 1.807) is 6.92 Å². The van der Waals surface area contributed by atoms with Gasteiger partial charge in [-0.15, -0.1) is 0 Å². The Labute approximate surface area is 221 Å². The number of carbonyl (C=O) groups is 2. The van der Waals surface area contributed by atoms with Crippen LogP contribution >= 0.6 is 0 Å². The summed E-state index contributed by atoms with van der Waals surface area (Å²) in [6.45, 7) is 9.09. The van der Waals surface area contributed by atoms with E-state index in [1.165, 1.54) is 24.9 Å². The summed E-state index contributed by atoms with van der Waals surface area (Å²) in [5, 5.41) is 0. The van der Waals surface area contributed by atoms with Gasteiger partial charge in [0.15, 0.2) is 0 Å². The molecular weight excluding hydrogens is 462 g/mol. The third-order valence-electron chi connectivity index (χ3n) is 8.33. The first-order chi connectivity index (χ1) is 17.9. The number of hydrogen-bond acceptors (Lipinski definition) is 4. The summed E-state index contributed by atoms with van der Waals surface area (Å²) in [5.41, 5.74) is 4.30. The number of nitrogens with zero attached hydrogens (tertiary/aromatic N) is 3. The third-order valence-corrected chi connectivity index (χ3v) is 8.33. The maximum Gasteiger partial charge on any atom is 0.259 e. The second kappa shape index (κ2) is 10.9. The molecule has 0 N–H and O–H groups in total. The summed E-state index contributed by atoms with van der Waals surface area (Å²) >= 11 is 0. The number of anilines is 3. The van der Waals surface area contributed by atoms with E-state index in [1.807, 2.05) is 22.8 Å². The van der Waals surface area contributed by atoms with Gasteiger partial charge in [-0.3, -0.25) is 9.59 Å². The Morgan fingerprint density at radius 1 is 1.00 bits per heavy atom. The standard InChI is InChI=1S/C31H41N3O3/c1-4-5-15-31(16-10-19-37-31)30(36)33-22-23(2)34(24(3)35)28-14-13-26(21-29(28)33)25-11-9-12-27(20-25)32-17-7-6-8-18-32/h9,11-14,20-21,23H,4-8,10,15-19,22H2,1-3H3. The number of fused-ring (bicyclic) bond motifs is 1. The van der Waals surface area contributed by atoms with E-state index in [9.17, 15) is 9.59 Å². The van der Waals surface area contributed by atoms with Crippen LogP contribution < -0.4 is 14.7 Å². The Balaban J connectivity index is 1.54. The van der Waals surface area contributed by atoms with Crippen molar-refractivity contribution in [3.8, 4) is 11.1 Å². The van der Waals surface area contributed by atoms with E-state index in [0.717, 1.165) is 67.7 Å². The number of hydrogen-bond donors (Lipinski definition) is 0. The predicted molar refractivity (Wildman–Crippen MR) is 150 cm³/mol. The van der Waals surface area contributed by atoms with Gasteiger partial charge in [0.25, 0.3) is 5.91 Å². The fourth-order valence-electron chi connectivity index (χ4n) is 6.39. The number of rotatable bonds is 6. The minimum Gasteiger partial charge on any atom is -0.372 e. The van der Waals surface area contributed by atoms with Crippen LogP contribution in [0.2, 0.25) is 0 Å². The van der Waals surface area contributed by atoms with Gasteiger partial charge in [0, 0.05) is 38.9 Å². The van der Waals surface area contributed by atoms with E-state index in [2.05, 4.69) is 48.2 Å². The Morgan fingerprint density at radius 2 is 1.78 bits per heavy atom. The van der Waals surface area contributed by atoms with Crippen molar-refractivity contribution in [1.29, 1.82) is 0 Å². The first kappa shape index (κ1) is 25.8. The minimum absolute atomic E-state index is 0.00138. The first-order valence-electron chi connectivity index (χ1n) is 14.2. The number of carbonyl (C=O) groups excluding carboxylic acids is 2. The van der Waals surface area contributed by atoms with Crippen LogP contribution in [0.1, 0.15) is 72.1 Å². The zero-order valence-corrected chi connectivity index (χ0v) is 22.7. The van der Waals surface area contributed by atoms with Crippen LogP contribution in [0.4, 0.5) is 17.1 Å². The van der Waals surface area contributed by atoms with E-state index >= 15 is 0 Å². The number of amides is 2. The molecule has 6 nitrogen and oxygen atoms in total. The van der Waals surface area contributed by atoms with Gasteiger partial charge in [-0.2, -0.15) is 0 Å². The molecule has 0 spiro atoms. The smallest absolute Gasteiger partial charge is 0.259 e. The van der Waals surface area contributed by atoms with Crippen molar-refractivity contribution in [2.75, 3.05) is 40.9 Å². The number of piperidine rings is 1. The molecule has 2 amide bonds. The molecule has 2 atom stereocenters. The fourth-order valence-corrected chi connectivity index (χ4v) is 6.39. The maximum atomic E-state index is 14.2. The summed E-state index contributed by atoms with van der Waals surface area (Å²) in [6.07, 6.45) is 8.19. The topological polar surface area (TPSA) is 53.1 Å². The molecule has 0 aliphatic carbocycles. The van der Waals surface area contributed by atoms with Crippen molar-refractivity contribution >= 4 is 28.9 Å². The summed E-state index contributed by atoms with van der Waals surface area (Å²) in [7, 11) is 0. The molecule has 3 heterocycles. The van der Waals surface area contributed by atoms with Crippen LogP contribution in [0, 0.1) is 0 Å². The molecule has 6 heteroatoms. The second-order valence-electron chi connectivity index (χ2n) is 11.0. The van der Waals surface area contributed by atoms with Gasteiger partial charge < -0.3 is 19.4 Å². The van der Waals surface area contributed by atoms with Gasteiger partial charge in [0.2, 0.25) is 5.91 Å². The molecule has 198 valence electrons. The lowest BCUT2D eigenvalue weighted by molar-refractivity contribution is -0.139. The number of unbranched alkanes of at least 4 members (excludes halogenated alkanes) is 1. The quantitative estimate of drug-likeness (QED) is 0.473.